The van der Waals surface area contributed by atoms with Crippen molar-refractivity contribution in [2.24, 2.45) is 5.92 Å². The number of rotatable bonds is 8. The van der Waals surface area contributed by atoms with E-state index in [1.54, 1.807) is 0 Å². The second kappa shape index (κ2) is 8.12. The highest BCUT2D eigenvalue weighted by atomic mass is 19.4. The summed E-state index contributed by atoms with van der Waals surface area (Å²) in [6.45, 7) is 2.27. The van der Waals surface area contributed by atoms with Gasteiger partial charge in [-0.2, -0.15) is 13.2 Å². The fourth-order valence-electron chi connectivity index (χ4n) is 2.44. The molecule has 0 aromatic carbocycles. The molecule has 1 unspecified atom stereocenters. The Kier molecular flexibility index (Phi) is 6.46. The molecular weight excluding hydrogens is 299 g/mol. The molecule has 1 aliphatic heterocycles. The Morgan fingerprint density at radius 2 is 2.00 bits per heavy atom. The van der Waals surface area contributed by atoms with Crippen LogP contribution >= 0.6 is 0 Å². The monoisotopic (exact) mass is 323 g/mol. The molecule has 5 nitrogen and oxygen atoms in total. The predicted molar refractivity (Wildman–Crippen MR) is 75.5 cm³/mol. The number of nitrogens with one attached hydrogen (secondary N) is 2. The van der Waals surface area contributed by atoms with Gasteiger partial charge in [0, 0.05) is 45.8 Å². The Morgan fingerprint density at radius 3 is 2.59 bits per heavy atom. The van der Waals surface area contributed by atoms with E-state index in [0.717, 1.165) is 0 Å². The van der Waals surface area contributed by atoms with Gasteiger partial charge in [-0.1, -0.05) is 0 Å². The third-order valence-electron chi connectivity index (χ3n) is 3.99. The van der Waals surface area contributed by atoms with Gasteiger partial charge in [0.05, 0.1) is 6.61 Å². The molecule has 0 radical (unpaired) electrons. The van der Waals surface area contributed by atoms with Crippen molar-refractivity contribution in [3.8, 4) is 0 Å². The van der Waals surface area contributed by atoms with E-state index < -0.39 is 18.8 Å². The number of halogens is 3. The Labute approximate surface area is 128 Å². The van der Waals surface area contributed by atoms with E-state index in [0.29, 0.717) is 38.7 Å². The summed E-state index contributed by atoms with van der Waals surface area (Å²) in [7, 11) is 0. The zero-order valence-electron chi connectivity index (χ0n) is 12.6. The van der Waals surface area contributed by atoms with Gasteiger partial charge in [-0.15, -0.1) is 0 Å². The van der Waals surface area contributed by atoms with Gasteiger partial charge < -0.3 is 15.4 Å². The lowest BCUT2D eigenvalue weighted by Gasteiger charge is -2.35. The van der Waals surface area contributed by atoms with Crippen molar-refractivity contribution in [2.75, 3.05) is 45.9 Å². The molecular formula is C14H24F3N3O2. The van der Waals surface area contributed by atoms with Gasteiger partial charge in [-0.05, 0) is 18.8 Å². The van der Waals surface area contributed by atoms with Crippen LogP contribution in [0.5, 0.6) is 0 Å². The zero-order valence-corrected chi connectivity index (χ0v) is 12.6. The highest BCUT2D eigenvalue weighted by molar-refractivity contribution is 5.76. The largest absolute Gasteiger partial charge is 0.405 e. The summed E-state index contributed by atoms with van der Waals surface area (Å²) in [5.74, 6) is 0.227. The van der Waals surface area contributed by atoms with Crippen LogP contribution in [-0.2, 0) is 9.53 Å². The zero-order chi connectivity index (χ0) is 16.0. The maximum atomic E-state index is 13.1. The van der Waals surface area contributed by atoms with E-state index >= 15 is 0 Å². The van der Waals surface area contributed by atoms with Crippen molar-refractivity contribution >= 4 is 5.91 Å². The van der Waals surface area contributed by atoms with Crippen molar-refractivity contribution in [1.82, 2.24) is 15.5 Å². The van der Waals surface area contributed by atoms with Crippen molar-refractivity contribution in [1.29, 1.82) is 0 Å². The second-order valence-electron chi connectivity index (χ2n) is 5.92. The third kappa shape index (κ3) is 6.10. The molecule has 2 aliphatic rings. The van der Waals surface area contributed by atoms with Crippen LogP contribution in [0.1, 0.15) is 19.3 Å². The summed E-state index contributed by atoms with van der Waals surface area (Å²) >= 11 is 0. The van der Waals surface area contributed by atoms with Crippen LogP contribution in [0.2, 0.25) is 0 Å². The molecule has 1 aliphatic carbocycles. The summed E-state index contributed by atoms with van der Waals surface area (Å²) in [6, 6.07) is -1.62. The minimum absolute atomic E-state index is 0.110. The normalized spacial score (nSPS) is 21.6. The summed E-state index contributed by atoms with van der Waals surface area (Å²) in [4.78, 5) is 13.0. The van der Waals surface area contributed by atoms with Crippen molar-refractivity contribution in [2.45, 2.75) is 31.5 Å². The van der Waals surface area contributed by atoms with Gasteiger partial charge in [0.1, 0.15) is 6.04 Å². The molecule has 0 aromatic rings. The van der Waals surface area contributed by atoms with E-state index in [-0.39, 0.29) is 18.9 Å². The van der Waals surface area contributed by atoms with Gasteiger partial charge in [0.2, 0.25) is 5.91 Å². The number of piperazine rings is 1. The van der Waals surface area contributed by atoms with Crippen LogP contribution < -0.4 is 10.6 Å². The van der Waals surface area contributed by atoms with Crippen molar-refractivity contribution in [3.63, 3.8) is 0 Å². The molecule has 1 saturated heterocycles. The Hall–Kier alpha value is -0.860. The molecule has 0 spiro atoms. The number of alkyl halides is 3. The van der Waals surface area contributed by atoms with E-state index in [4.69, 9.17) is 4.74 Å². The van der Waals surface area contributed by atoms with Crippen molar-refractivity contribution < 1.29 is 22.7 Å². The Balaban J connectivity index is 1.68. The lowest BCUT2D eigenvalue weighted by molar-refractivity contribution is -0.184. The molecule has 1 saturated carbocycles. The van der Waals surface area contributed by atoms with Crippen molar-refractivity contribution in [3.05, 3.63) is 0 Å². The first-order valence-corrected chi connectivity index (χ1v) is 7.82. The van der Waals surface area contributed by atoms with Crippen LogP contribution in [0, 0.1) is 5.92 Å². The molecule has 22 heavy (non-hydrogen) atoms. The van der Waals surface area contributed by atoms with Gasteiger partial charge in [0.25, 0.3) is 0 Å². The topological polar surface area (TPSA) is 53.6 Å². The number of carbonyl (C=O) groups is 1. The van der Waals surface area contributed by atoms with Gasteiger partial charge in [-0.25, -0.2) is 0 Å². The highest BCUT2D eigenvalue weighted by Gasteiger charge is 2.43. The Bertz CT molecular complexity index is 356. The SMILES string of the molecule is O=C(CCOCC1CC1)NCC(N1CCNCC1)C(F)(F)F. The predicted octanol–water partition coefficient (Wildman–Crippen LogP) is 0.755. The average Bonchev–Trinajstić information content (AvgIpc) is 3.28. The summed E-state index contributed by atoms with van der Waals surface area (Å²) in [6.07, 6.45) is -1.89. The first-order chi connectivity index (χ1) is 10.5. The molecule has 1 amide bonds. The van der Waals surface area contributed by atoms with Crippen LogP contribution in [0.3, 0.4) is 0 Å². The van der Waals surface area contributed by atoms with E-state index in [2.05, 4.69) is 10.6 Å². The van der Waals surface area contributed by atoms with Gasteiger partial charge in [-0.3, -0.25) is 9.69 Å². The quantitative estimate of drug-likeness (QED) is 0.648. The smallest absolute Gasteiger partial charge is 0.381 e. The molecule has 1 atom stereocenters. The van der Waals surface area contributed by atoms with E-state index in [9.17, 15) is 18.0 Å². The lowest BCUT2D eigenvalue weighted by Crippen LogP contribution is -2.57. The number of hydrogen-bond donors (Lipinski definition) is 2. The first-order valence-electron chi connectivity index (χ1n) is 7.82. The van der Waals surface area contributed by atoms with Crippen LogP contribution in [0.15, 0.2) is 0 Å². The fraction of sp³-hybridized carbons (Fsp3) is 0.929. The molecule has 2 N–H and O–H groups in total. The van der Waals surface area contributed by atoms with E-state index in [1.165, 1.54) is 17.7 Å². The minimum atomic E-state index is -4.34. The third-order valence-corrected chi connectivity index (χ3v) is 3.99. The van der Waals surface area contributed by atoms with E-state index in [1.807, 2.05) is 0 Å². The van der Waals surface area contributed by atoms with Crippen LogP contribution in [0.25, 0.3) is 0 Å². The highest BCUT2D eigenvalue weighted by Crippen LogP contribution is 2.28. The second-order valence-corrected chi connectivity index (χ2v) is 5.92. The number of amides is 1. The summed E-state index contributed by atoms with van der Waals surface area (Å²) < 4.78 is 44.7. The number of ether oxygens (including phenoxy) is 1. The molecule has 128 valence electrons. The number of carbonyl (C=O) groups excluding carboxylic acids is 1. The molecule has 0 bridgehead atoms. The molecule has 1 heterocycles. The molecule has 2 fully saturated rings. The van der Waals surface area contributed by atoms with Gasteiger partial charge in [0.15, 0.2) is 0 Å². The molecule has 0 aromatic heterocycles. The summed E-state index contributed by atoms with van der Waals surface area (Å²) in [5.41, 5.74) is 0. The maximum Gasteiger partial charge on any atom is 0.405 e. The summed E-state index contributed by atoms with van der Waals surface area (Å²) in [5, 5.41) is 5.41. The average molecular weight is 323 g/mol. The van der Waals surface area contributed by atoms with Gasteiger partial charge >= 0.3 is 6.18 Å². The molecule has 2 rings (SSSR count). The first kappa shape index (κ1) is 17.5. The number of hydrogen-bond acceptors (Lipinski definition) is 4. The number of nitrogens with zero attached hydrogens (tertiary/aromatic N) is 1. The minimum Gasteiger partial charge on any atom is -0.381 e. The van der Waals surface area contributed by atoms with Crippen LogP contribution in [0.4, 0.5) is 13.2 Å². The molecule has 8 heteroatoms. The standard InChI is InChI=1S/C14H24F3N3O2/c15-14(16,17)12(20-6-4-18-5-7-20)9-19-13(21)3-8-22-10-11-1-2-11/h11-12,18H,1-10H2,(H,19,21). The van der Waals surface area contributed by atoms with Crippen LogP contribution in [-0.4, -0.2) is 69.0 Å². The lowest BCUT2D eigenvalue weighted by atomic mass is 10.2. The Morgan fingerprint density at radius 1 is 1.32 bits per heavy atom. The fourth-order valence-corrected chi connectivity index (χ4v) is 2.44. The maximum absolute atomic E-state index is 13.1.